The van der Waals surface area contributed by atoms with Crippen molar-refractivity contribution in [3.63, 3.8) is 0 Å². The molecule has 7 nitrogen and oxygen atoms in total. The molecular formula is C21H19BrN2O5. The van der Waals surface area contributed by atoms with E-state index in [0.29, 0.717) is 16.7 Å². The third-order valence-electron chi connectivity index (χ3n) is 4.09. The van der Waals surface area contributed by atoms with Crippen molar-refractivity contribution >= 4 is 38.7 Å². The fourth-order valence-electron chi connectivity index (χ4n) is 2.67. The number of rotatable bonds is 6. The van der Waals surface area contributed by atoms with Crippen LogP contribution in [0.4, 0.5) is 0 Å². The molecule has 0 aliphatic heterocycles. The lowest BCUT2D eigenvalue weighted by Crippen LogP contribution is -2.45. The van der Waals surface area contributed by atoms with E-state index in [-0.39, 0.29) is 12.2 Å². The summed E-state index contributed by atoms with van der Waals surface area (Å²) in [7, 11) is 0. The van der Waals surface area contributed by atoms with Gasteiger partial charge in [0, 0.05) is 9.86 Å². The summed E-state index contributed by atoms with van der Waals surface area (Å²) in [5.74, 6) is -0.797. The van der Waals surface area contributed by atoms with Crippen LogP contribution in [0.5, 0.6) is 5.75 Å². The van der Waals surface area contributed by atoms with Gasteiger partial charge in [-0.1, -0.05) is 41.4 Å². The van der Waals surface area contributed by atoms with Gasteiger partial charge in [0.2, 0.25) is 0 Å². The van der Waals surface area contributed by atoms with Crippen LogP contribution in [-0.4, -0.2) is 18.4 Å². The zero-order chi connectivity index (χ0) is 20.8. The molecule has 0 saturated heterocycles. The van der Waals surface area contributed by atoms with Gasteiger partial charge in [0.1, 0.15) is 16.9 Å². The number of hydrazine groups is 1. The van der Waals surface area contributed by atoms with Crippen molar-refractivity contribution in [1.82, 2.24) is 10.9 Å². The number of aryl methyl sites for hydroxylation is 1. The summed E-state index contributed by atoms with van der Waals surface area (Å²) in [5.41, 5.74) is 4.94. The Morgan fingerprint density at radius 1 is 1.07 bits per heavy atom. The van der Waals surface area contributed by atoms with Crippen LogP contribution in [0.3, 0.4) is 0 Å². The highest BCUT2D eigenvalue weighted by atomic mass is 79.9. The minimum absolute atomic E-state index is 0.219. The molecule has 0 atom stereocenters. The van der Waals surface area contributed by atoms with E-state index in [9.17, 15) is 14.4 Å². The molecule has 0 radical (unpaired) electrons. The molecule has 2 N–H and O–H groups in total. The van der Waals surface area contributed by atoms with E-state index in [2.05, 4.69) is 33.7 Å². The lowest BCUT2D eigenvalue weighted by Gasteiger charge is -2.09. The summed E-state index contributed by atoms with van der Waals surface area (Å²) in [6.45, 7) is 1.82. The van der Waals surface area contributed by atoms with Crippen molar-refractivity contribution in [2.45, 2.75) is 19.8 Å². The van der Waals surface area contributed by atoms with E-state index in [1.807, 2.05) is 12.1 Å². The van der Waals surface area contributed by atoms with Crippen molar-refractivity contribution < 1.29 is 18.7 Å². The smallest absolute Gasteiger partial charge is 0.349 e. The second-order valence-electron chi connectivity index (χ2n) is 6.31. The average molecular weight is 459 g/mol. The molecule has 1 heterocycles. The highest BCUT2D eigenvalue weighted by Crippen LogP contribution is 2.19. The maximum Gasteiger partial charge on any atom is 0.349 e. The number of benzene rings is 2. The molecule has 29 heavy (non-hydrogen) atoms. The maximum absolute atomic E-state index is 12.2. The number of fused-ring (bicyclic) bond motifs is 1. The average Bonchev–Trinajstić information content (AvgIpc) is 2.71. The summed E-state index contributed by atoms with van der Waals surface area (Å²) in [6.07, 6.45) is 2.03. The molecule has 150 valence electrons. The van der Waals surface area contributed by atoms with E-state index in [0.717, 1.165) is 17.3 Å². The zero-order valence-electron chi connectivity index (χ0n) is 15.7. The Morgan fingerprint density at radius 2 is 1.83 bits per heavy atom. The molecule has 0 fully saturated rings. The third-order valence-corrected chi connectivity index (χ3v) is 4.58. The van der Waals surface area contributed by atoms with Crippen LogP contribution < -0.4 is 21.2 Å². The number of hydrogen-bond donors (Lipinski definition) is 2. The SMILES string of the molecule is CCCc1ccc(OCC(=O)NNC(=O)c2cc3cc(Br)ccc3oc2=O)cc1. The van der Waals surface area contributed by atoms with E-state index < -0.39 is 17.4 Å². The van der Waals surface area contributed by atoms with Gasteiger partial charge in [-0.15, -0.1) is 0 Å². The van der Waals surface area contributed by atoms with Crippen molar-refractivity contribution in [3.8, 4) is 5.75 Å². The van der Waals surface area contributed by atoms with E-state index in [4.69, 9.17) is 9.15 Å². The fraction of sp³-hybridized carbons (Fsp3) is 0.190. The Bertz CT molecular complexity index is 1090. The zero-order valence-corrected chi connectivity index (χ0v) is 17.2. The Balaban J connectivity index is 1.56. The largest absolute Gasteiger partial charge is 0.484 e. The summed E-state index contributed by atoms with van der Waals surface area (Å²) in [4.78, 5) is 36.2. The standard InChI is InChI=1S/C21H19BrN2O5/c1-2-3-13-4-7-16(8-5-13)28-12-19(25)23-24-20(26)17-11-14-10-15(22)6-9-18(14)29-21(17)27/h4-11H,2-3,12H2,1H3,(H,23,25)(H,24,26). The molecule has 0 aliphatic carbocycles. The Labute approximate surface area is 175 Å². The summed E-state index contributed by atoms with van der Waals surface area (Å²) in [5, 5.41) is 0.574. The van der Waals surface area contributed by atoms with Crippen LogP contribution in [0.2, 0.25) is 0 Å². The molecule has 2 aromatic carbocycles. The second-order valence-corrected chi connectivity index (χ2v) is 7.23. The van der Waals surface area contributed by atoms with Crippen molar-refractivity contribution in [2.75, 3.05) is 6.61 Å². The summed E-state index contributed by atoms with van der Waals surface area (Å²) < 4.78 is 11.3. The predicted molar refractivity (Wildman–Crippen MR) is 112 cm³/mol. The van der Waals surface area contributed by atoms with Crippen molar-refractivity contribution in [3.05, 3.63) is 74.6 Å². The molecule has 3 aromatic rings. The lowest BCUT2D eigenvalue weighted by atomic mass is 10.1. The van der Waals surface area contributed by atoms with Crippen LogP contribution >= 0.6 is 15.9 Å². The minimum Gasteiger partial charge on any atom is -0.484 e. The molecule has 0 aliphatic rings. The van der Waals surface area contributed by atoms with Gasteiger partial charge in [-0.3, -0.25) is 20.4 Å². The number of hydrogen-bond acceptors (Lipinski definition) is 5. The van der Waals surface area contributed by atoms with Gasteiger partial charge in [-0.05, 0) is 48.4 Å². The first-order chi connectivity index (χ1) is 14.0. The first-order valence-corrected chi connectivity index (χ1v) is 9.80. The van der Waals surface area contributed by atoms with Gasteiger partial charge >= 0.3 is 5.63 Å². The monoisotopic (exact) mass is 458 g/mol. The Morgan fingerprint density at radius 3 is 2.55 bits per heavy atom. The normalized spacial score (nSPS) is 10.6. The molecule has 0 unspecified atom stereocenters. The molecule has 0 bridgehead atoms. The minimum atomic E-state index is -0.796. The van der Waals surface area contributed by atoms with Gasteiger partial charge in [0.05, 0.1) is 0 Å². The van der Waals surface area contributed by atoms with Gasteiger partial charge in [-0.2, -0.15) is 0 Å². The first-order valence-electron chi connectivity index (χ1n) is 9.00. The van der Waals surface area contributed by atoms with Gasteiger partial charge < -0.3 is 9.15 Å². The van der Waals surface area contributed by atoms with Crippen LogP contribution in [0.25, 0.3) is 11.0 Å². The van der Waals surface area contributed by atoms with Crippen LogP contribution in [-0.2, 0) is 11.2 Å². The highest BCUT2D eigenvalue weighted by molar-refractivity contribution is 9.10. The first kappa shape index (κ1) is 20.6. The number of halogens is 1. The van der Waals surface area contributed by atoms with E-state index in [1.54, 1.807) is 30.3 Å². The Kier molecular flexibility index (Phi) is 6.66. The fourth-order valence-corrected chi connectivity index (χ4v) is 3.05. The maximum atomic E-state index is 12.2. The topological polar surface area (TPSA) is 97.6 Å². The molecule has 2 amide bonds. The third kappa shape index (κ3) is 5.45. The molecule has 0 saturated carbocycles. The van der Waals surface area contributed by atoms with Crippen LogP contribution in [0.15, 0.2) is 62.2 Å². The second kappa shape index (κ2) is 9.38. The number of carbonyl (C=O) groups excluding carboxylic acids is 2. The van der Waals surface area contributed by atoms with Crippen LogP contribution in [0.1, 0.15) is 29.3 Å². The molecule has 8 heteroatoms. The van der Waals surface area contributed by atoms with Gasteiger partial charge in [0.25, 0.3) is 11.8 Å². The van der Waals surface area contributed by atoms with E-state index >= 15 is 0 Å². The molecule has 0 spiro atoms. The molecule has 3 rings (SSSR count). The number of nitrogens with one attached hydrogen (secondary N) is 2. The van der Waals surface area contributed by atoms with Crippen molar-refractivity contribution in [2.24, 2.45) is 0 Å². The number of ether oxygens (including phenoxy) is 1. The predicted octanol–water partition coefficient (Wildman–Crippen LogP) is 3.35. The lowest BCUT2D eigenvalue weighted by molar-refractivity contribution is -0.123. The Hall–Kier alpha value is -3.13. The number of carbonyl (C=O) groups is 2. The summed E-state index contributed by atoms with van der Waals surface area (Å²) in [6, 6.07) is 13.9. The number of amides is 2. The quantitative estimate of drug-likeness (QED) is 0.435. The summed E-state index contributed by atoms with van der Waals surface area (Å²) >= 11 is 3.32. The van der Waals surface area contributed by atoms with Crippen molar-refractivity contribution in [1.29, 1.82) is 0 Å². The molecule has 1 aromatic heterocycles. The highest BCUT2D eigenvalue weighted by Gasteiger charge is 2.15. The molecular weight excluding hydrogens is 440 g/mol. The van der Waals surface area contributed by atoms with Gasteiger partial charge in [-0.25, -0.2) is 4.79 Å². The van der Waals surface area contributed by atoms with Gasteiger partial charge in [0.15, 0.2) is 6.61 Å². The van der Waals surface area contributed by atoms with E-state index in [1.165, 1.54) is 11.6 Å². The van der Waals surface area contributed by atoms with Crippen LogP contribution in [0, 0.1) is 0 Å².